The van der Waals surface area contributed by atoms with Crippen molar-refractivity contribution in [1.82, 2.24) is 15.1 Å². The Balaban J connectivity index is 1.52. The number of likely N-dealkylation sites (tertiary alicyclic amines) is 1. The molecule has 2 aromatic rings. The Kier molecular flexibility index (Phi) is 10.9. The van der Waals surface area contributed by atoms with Crippen LogP contribution in [0.2, 0.25) is 0 Å². The molecule has 1 N–H and O–H groups in total. The summed E-state index contributed by atoms with van der Waals surface area (Å²) in [5, 5.41) is 2.97. The number of hydrogen-bond donors (Lipinski definition) is 1. The fourth-order valence-corrected chi connectivity index (χ4v) is 5.49. The van der Waals surface area contributed by atoms with Gasteiger partial charge in [-0.25, -0.2) is 13.2 Å². The van der Waals surface area contributed by atoms with Crippen molar-refractivity contribution in [2.75, 3.05) is 39.0 Å². The van der Waals surface area contributed by atoms with Gasteiger partial charge in [-0.2, -0.15) is 0 Å². The van der Waals surface area contributed by atoms with Crippen molar-refractivity contribution < 1.29 is 22.7 Å². The van der Waals surface area contributed by atoms with Crippen molar-refractivity contribution in [2.24, 2.45) is 0 Å². The number of hydrogen-bond acceptors (Lipinski definition) is 6. The summed E-state index contributed by atoms with van der Waals surface area (Å²) >= 11 is 0. The van der Waals surface area contributed by atoms with Gasteiger partial charge in [0.05, 0.1) is 17.4 Å². The summed E-state index contributed by atoms with van der Waals surface area (Å²) in [5.74, 6) is 0.0597. The van der Waals surface area contributed by atoms with Crippen LogP contribution in [0.4, 0.5) is 4.79 Å². The number of alkyl carbamates (subject to hydrolysis) is 1. The largest absolute Gasteiger partial charge is 0.445 e. The number of likely N-dealkylation sites (N-methyl/N-ethyl adjacent to an activating group) is 1. The quantitative estimate of drug-likeness (QED) is 0.408. The third kappa shape index (κ3) is 8.70. The Morgan fingerprint density at radius 1 is 1.13 bits per heavy atom. The summed E-state index contributed by atoms with van der Waals surface area (Å²) in [6, 6.07) is 16.4. The van der Waals surface area contributed by atoms with Crippen LogP contribution >= 0.6 is 0 Å². The van der Waals surface area contributed by atoms with E-state index in [0.29, 0.717) is 6.54 Å². The summed E-state index contributed by atoms with van der Waals surface area (Å²) < 4.78 is 28.5. The average Bonchev–Trinajstić information content (AvgIpc) is 2.91. The van der Waals surface area contributed by atoms with E-state index >= 15 is 0 Å². The molecule has 0 bridgehead atoms. The molecule has 1 heterocycles. The zero-order valence-electron chi connectivity index (χ0n) is 22.3. The van der Waals surface area contributed by atoms with Crippen LogP contribution in [0.15, 0.2) is 72.1 Å². The smallest absolute Gasteiger partial charge is 0.407 e. The third-order valence-corrected chi connectivity index (χ3v) is 8.05. The molecule has 0 aromatic heterocycles. The minimum Gasteiger partial charge on any atom is -0.445 e. The van der Waals surface area contributed by atoms with E-state index in [9.17, 15) is 18.0 Å². The van der Waals surface area contributed by atoms with Gasteiger partial charge in [-0.3, -0.25) is 4.79 Å². The van der Waals surface area contributed by atoms with Gasteiger partial charge in [-0.1, -0.05) is 55.1 Å². The Hall–Kier alpha value is -3.17. The zero-order valence-corrected chi connectivity index (χ0v) is 23.2. The normalized spacial score (nSPS) is 15.4. The highest BCUT2D eigenvalue weighted by molar-refractivity contribution is 7.90. The Morgan fingerprint density at radius 3 is 2.37 bits per heavy atom. The predicted molar refractivity (Wildman–Crippen MR) is 149 cm³/mol. The van der Waals surface area contributed by atoms with Gasteiger partial charge in [0.15, 0.2) is 9.84 Å². The van der Waals surface area contributed by atoms with E-state index in [-0.39, 0.29) is 35.9 Å². The Labute approximate surface area is 226 Å². The highest BCUT2D eigenvalue weighted by Crippen LogP contribution is 2.22. The van der Waals surface area contributed by atoms with Crippen LogP contribution in [0.1, 0.15) is 43.4 Å². The molecule has 0 unspecified atom stereocenters. The second-order valence-electron chi connectivity index (χ2n) is 9.63. The van der Waals surface area contributed by atoms with Gasteiger partial charge >= 0.3 is 6.09 Å². The molecule has 38 heavy (non-hydrogen) atoms. The molecule has 1 saturated heterocycles. The van der Waals surface area contributed by atoms with Gasteiger partial charge < -0.3 is 19.9 Å². The first-order valence-electron chi connectivity index (χ1n) is 13.1. The van der Waals surface area contributed by atoms with Crippen LogP contribution in [-0.4, -0.2) is 75.3 Å². The highest BCUT2D eigenvalue weighted by Gasteiger charge is 2.27. The second-order valence-corrected chi connectivity index (χ2v) is 11.6. The van der Waals surface area contributed by atoms with Gasteiger partial charge in [0, 0.05) is 38.5 Å². The molecule has 3 rings (SSSR count). The van der Waals surface area contributed by atoms with Gasteiger partial charge in [-0.15, -0.1) is 0 Å². The van der Waals surface area contributed by atoms with E-state index in [1.54, 1.807) is 30.3 Å². The molecule has 0 saturated carbocycles. The first-order chi connectivity index (χ1) is 18.2. The van der Waals surface area contributed by atoms with E-state index in [2.05, 4.69) is 16.8 Å². The van der Waals surface area contributed by atoms with Crippen LogP contribution in [0.3, 0.4) is 0 Å². The molecule has 206 valence electrons. The van der Waals surface area contributed by atoms with Crippen molar-refractivity contribution in [3.8, 4) is 0 Å². The van der Waals surface area contributed by atoms with Crippen molar-refractivity contribution in [2.45, 2.75) is 49.6 Å². The number of piperidine rings is 1. The third-order valence-electron chi connectivity index (χ3n) is 6.93. The molecule has 0 radical (unpaired) electrons. The molecular formula is C29H39N3O5S. The molecule has 1 fully saturated rings. The van der Waals surface area contributed by atoms with E-state index in [0.717, 1.165) is 50.0 Å². The van der Waals surface area contributed by atoms with Gasteiger partial charge in [0.1, 0.15) is 6.61 Å². The number of ether oxygens (including phenoxy) is 1. The van der Waals surface area contributed by atoms with Gasteiger partial charge in [0.25, 0.3) is 0 Å². The average molecular weight is 542 g/mol. The van der Waals surface area contributed by atoms with Crippen molar-refractivity contribution in [3.63, 3.8) is 0 Å². The number of amides is 2. The SMILES string of the molecule is C=CCOC(=O)N[C@@H](CCN1CCC(N(CC)C(=O)Cc2ccc(S(C)(=O)=O)cc2)CC1)c1ccccc1. The van der Waals surface area contributed by atoms with E-state index in [4.69, 9.17) is 4.74 Å². The van der Waals surface area contributed by atoms with Crippen molar-refractivity contribution in [1.29, 1.82) is 0 Å². The van der Waals surface area contributed by atoms with E-state index < -0.39 is 15.9 Å². The number of nitrogens with zero attached hydrogens (tertiary/aromatic N) is 2. The standard InChI is InChI=1S/C29H39N3O5S/c1-4-21-37-29(34)30-27(24-9-7-6-8-10-24)17-20-31-18-15-25(16-19-31)32(5-2)28(33)22-23-11-13-26(14-12-23)38(3,35)36/h4,6-14,25,27H,1,5,15-22H2,2-3H3,(H,30,34)/t27-/m0/s1. The molecule has 1 aliphatic rings. The van der Waals surface area contributed by atoms with Crippen LogP contribution in [0.25, 0.3) is 0 Å². The maximum Gasteiger partial charge on any atom is 0.407 e. The molecular weight excluding hydrogens is 502 g/mol. The van der Waals surface area contributed by atoms with Crippen molar-refractivity contribution in [3.05, 3.63) is 78.4 Å². The summed E-state index contributed by atoms with van der Waals surface area (Å²) in [6.07, 6.45) is 5.03. The van der Waals surface area contributed by atoms with Crippen LogP contribution in [-0.2, 0) is 25.8 Å². The van der Waals surface area contributed by atoms with E-state index in [1.165, 1.54) is 6.26 Å². The first kappa shape index (κ1) is 29.4. The molecule has 2 amide bonds. The lowest BCUT2D eigenvalue weighted by Crippen LogP contribution is -2.48. The molecule has 8 nitrogen and oxygen atoms in total. The summed E-state index contributed by atoms with van der Waals surface area (Å²) in [7, 11) is -3.26. The minimum atomic E-state index is -3.26. The van der Waals surface area contributed by atoms with E-state index in [1.807, 2.05) is 42.2 Å². The fraction of sp³-hybridized carbons (Fsp3) is 0.448. The highest BCUT2D eigenvalue weighted by atomic mass is 32.2. The number of carbonyl (C=O) groups excluding carboxylic acids is 2. The Morgan fingerprint density at radius 2 is 1.79 bits per heavy atom. The van der Waals surface area contributed by atoms with Gasteiger partial charge in [0.2, 0.25) is 5.91 Å². The summed E-state index contributed by atoms with van der Waals surface area (Å²) in [4.78, 5) is 29.9. The van der Waals surface area contributed by atoms with Crippen molar-refractivity contribution >= 4 is 21.8 Å². The minimum absolute atomic E-state index is 0.0597. The summed E-state index contributed by atoms with van der Waals surface area (Å²) in [5.41, 5.74) is 1.84. The predicted octanol–water partition coefficient (Wildman–Crippen LogP) is 3.99. The van der Waals surface area contributed by atoms with Gasteiger partial charge in [-0.05, 0) is 49.4 Å². The lowest BCUT2D eigenvalue weighted by Gasteiger charge is -2.38. The Bertz CT molecular complexity index is 1160. The number of carbonyl (C=O) groups is 2. The maximum absolute atomic E-state index is 13.1. The van der Waals surface area contributed by atoms with Crippen LogP contribution < -0.4 is 5.32 Å². The lowest BCUT2D eigenvalue weighted by atomic mass is 10.00. The molecule has 1 atom stereocenters. The molecule has 2 aromatic carbocycles. The zero-order chi connectivity index (χ0) is 27.5. The second kappa shape index (κ2) is 14.1. The monoisotopic (exact) mass is 541 g/mol. The first-order valence-corrected chi connectivity index (χ1v) is 15.0. The number of sulfone groups is 1. The lowest BCUT2D eigenvalue weighted by molar-refractivity contribution is -0.133. The number of rotatable bonds is 12. The van der Waals surface area contributed by atoms with Crippen LogP contribution in [0.5, 0.6) is 0 Å². The maximum atomic E-state index is 13.1. The molecule has 0 spiro atoms. The molecule has 0 aliphatic carbocycles. The fourth-order valence-electron chi connectivity index (χ4n) is 4.86. The van der Waals surface area contributed by atoms with Crippen LogP contribution in [0, 0.1) is 0 Å². The molecule has 9 heteroatoms. The summed E-state index contributed by atoms with van der Waals surface area (Å²) in [6.45, 7) is 8.95. The number of benzene rings is 2. The topological polar surface area (TPSA) is 96.0 Å². The molecule has 1 aliphatic heterocycles. The number of nitrogens with one attached hydrogen (secondary N) is 1.